The van der Waals surface area contributed by atoms with E-state index < -0.39 is 9.84 Å². The van der Waals surface area contributed by atoms with Gasteiger partial charge in [0.25, 0.3) is 0 Å². The number of aliphatic hydroxyl groups is 1. The highest BCUT2D eigenvalue weighted by atomic mass is 32.2. The van der Waals surface area contributed by atoms with Crippen molar-refractivity contribution in [3.05, 3.63) is 0 Å². The lowest BCUT2D eigenvalue weighted by Crippen LogP contribution is -2.53. The van der Waals surface area contributed by atoms with E-state index >= 15 is 0 Å². The van der Waals surface area contributed by atoms with Crippen molar-refractivity contribution in [2.75, 3.05) is 64.2 Å². The van der Waals surface area contributed by atoms with E-state index in [0.717, 1.165) is 77.0 Å². The second kappa shape index (κ2) is 31.0. The van der Waals surface area contributed by atoms with Crippen molar-refractivity contribution in [2.45, 2.75) is 187 Å². The molecule has 3 saturated heterocycles. The maximum absolute atomic E-state index is 12.0. The second-order valence-corrected chi connectivity index (χ2v) is 27.4. The Bertz CT molecular complexity index is 1780. The van der Waals surface area contributed by atoms with Crippen molar-refractivity contribution in [1.29, 1.82) is 0 Å². The van der Waals surface area contributed by atoms with E-state index in [1.165, 1.54) is 6.42 Å². The molecule has 10 N–H and O–H groups in total. The summed E-state index contributed by atoms with van der Waals surface area (Å²) in [4.78, 5) is 69.5. The molecule has 0 bridgehead atoms. The third kappa shape index (κ3) is 24.5. The van der Waals surface area contributed by atoms with Gasteiger partial charge in [0.2, 0.25) is 35.4 Å². The van der Waals surface area contributed by atoms with E-state index in [-0.39, 0.29) is 86.0 Å². The predicted octanol–water partition coefficient (Wildman–Crippen LogP) is 6.68. The molecule has 0 aromatic heterocycles. The van der Waals surface area contributed by atoms with Crippen LogP contribution >= 0.6 is 0 Å². The minimum atomic E-state index is -2.90. The molecule has 2 saturated carbocycles. The number of aliphatic hydroxyl groups excluding tert-OH is 1. The van der Waals surface area contributed by atoms with Gasteiger partial charge in [0.05, 0.1) is 42.2 Å². The Morgan fingerprint density at radius 3 is 1.21 bits per heavy atom. The summed E-state index contributed by atoms with van der Waals surface area (Å²) in [6.45, 7) is 34.2. The van der Waals surface area contributed by atoms with Gasteiger partial charge in [0.1, 0.15) is 0 Å². The van der Waals surface area contributed by atoms with E-state index in [4.69, 9.17) is 37.5 Å². The van der Waals surface area contributed by atoms with Gasteiger partial charge in [0.15, 0.2) is 9.84 Å². The van der Waals surface area contributed by atoms with Crippen LogP contribution in [0.3, 0.4) is 0 Å². The van der Waals surface area contributed by atoms with Crippen molar-refractivity contribution in [3.8, 4) is 0 Å². The molecular weight excluding hydrogens is 953 g/mol. The number of ether oxygens (including phenoxy) is 2. The lowest BCUT2D eigenvalue weighted by Gasteiger charge is -2.40. The van der Waals surface area contributed by atoms with Gasteiger partial charge < -0.3 is 47.7 Å². The summed E-state index contributed by atoms with van der Waals surface area (Å²) < 4.78 is 32.6. The number of amides is 6. The number of carbonyl (C=O) groups excluding carboxylic acids is 6. The highest BCUT2D eigenvalue weighted by molar-refractivity contribution is 7.91. The summed E-state index contributed by atoms with van der Waals surface area (Å²) in [6, 6.07) is 0. The van der Waals surface area contributed by atoms with Crippen molar-refractivity contribution in [2.24, 2.45) is 85.0 Å². The molecule has 3 heterocycles. The summed E-state index contributed by atoms with van der Waals surface area (Å²) in [5.74, 6) is 2.48. The van der Waals surface area contributed by atoms with Crippen molar-refractivity contribution in [3.63, 3.8) is 0 Å². The fourth-order valence-electron chi connectivity index (χ4n) is 10.0. The Labute approximate surface area is 442 Å². The Balaban J connectivity index is 0.000000856. The molecule has 17 nitrogen and oxygen atoms in total. The first-order valence-electron chi connectivity index (χ1n) is 27.2. The van der Waals surface area contributed by atoms with Crippen molar-refractivity contribution in [1.82, 2.24) is 10.2 Å². The molecule has 0 unspecified atom stereocenters. The van der Waals surface area contributed by atoms with E-state index in [9.17, 15) is 37.2 Å². The Hall–Kier alpha value is -3.35. The molecular formula is C55H106N6O11S. The number of hydrogen-bond acceptors (Lipinski definition) is 11. The molecule has 428 valence electrons. The number of carbonyl (C=O) groups is 6. The number of hydrogen-bond donors (Lipinski definition) is 6. The first kappa shape index (κ1) is 69.7. The minimum Gasteiger partial charge on any atom is -0.395 e. The van der Waals surface area contributed by atoms with Gasteiger partial charge in [-0.1, -0.05) is 110 Å². The number of nitrogens with two attached hydrogens (primary N) is 4. The standard InChI is InChI=1S/C10H19NO3S.C10H19NO2.C10H21NO2.C9H17NO.C8H15NO2.C8H15NO/c1-4-10(2,3)9(12)11-5-7-15(13,14)8-6-11;1-8(2)7-10(9(11)12)3-5-13-6-4-10;1-8(2)7-10(3,4)9(13)11-5-6-12;1-7(2)6-9(8(10)11)4-3-5-9;1-6(2)3-8(7(9)10)4-11-5-8;1-6(2)5-8(3-4-8)7(9)10/h4-8H2,1-3H3;8H,3-7H2,1-2H3,(H2,11,12);8,12H,5-7H2,1-4H3,(H,11,13);7H,3-6H2,1-2H3,(H2,10,11);6H,3-5H2,1-2H3,(H2,9,10);6H,3-5H2,1-2H3,(H2,9,10). The predicted molar refractivity (Wildman–Crippen MR) is 291 cm³/mol. The van der Waals surface area contributed by atoms with Gasteiger partial charge in [0, 0.05) is 54.5 Å². The lowest BCUT2D eigenvalue weighted by molar-refractivity contribution is -0.161. The smallest absolute Gasteiger partial charge is 0.228 e. The Morgan fingerprint density at radius 1 is 0.575 bits per heavy atom. The lowest BCUT2D eigenvalue weighted by atomic mass is 9.64. The van der Waals surface area contributed by atoms with Crippen LogP contribution in [0.15, 0.2) is 0 Å². The molecule has 2 aliphatic carbocycles. The normalized spacial score (nSPS) is 19.7. The number of rotatable bonds is 19. The molecule has 73 heavy (non-hydrogen) atoms. The molecule has 6 amide bonds. The van der Waals surface area contributed by atoms with Crippen LogP contribution in [0.5, 0.6) is 0 Å². The molecule has 5 fully saturated rings. The Morgan fingerprint density at radius 2 is 0.945 bits per heavy atom. The number of sulfone groups is 1. The summed E-state index contributed by atoms with van der Waals surface area (Å²) in [6.07, 6.45) is 12.1. The average molecular weight is 1060 g/mol. The molecule has 0 spiro atoms. The third-order valence-corrected chi connectivity index (χ3v) is 16.3. The molecule has 3 aliphatic heterocycles. The third-order valence-electron chi connectivity index (χ3n) is 14.7. The van der Waals surface area contributed by atoms with Gasteiger partial charge in [-0.25, -0.2) is 8.42 Å². The van der Waals surface area contributed by atoms with Crippen LogP contribution in [0.4, 0.5) is 0 Å². The number of primary amides is 4. The monoisotopic (exact) mass is 1060 g/mol. The molecule has 5 rings (SSSR count). The quantitative estimate of drug-likeness (QED) is 0.0793. The van der Waals surface area contributed by atoms with Crippen LogP contribution < -0.4 is 28.3 Å². The fraction of sp³-hybridized carbons (Fsp3) is 0.891. The number of nitrogens with zero attached hydrogens (tertiary/aromatic N) is 1. The number of nitrogens with one attached hydrogen (secondary N) is 1. The van der Waals surface area contributed by atoms with Crippen LogP contribution in [-0.2, 0) is 48.1 Å². The van der Waals surface area contributed by atoms with Gasteiger partial charge in [-0.3, -0.25) is 28.8 Å². The van der Waals surface area contributed by atoms with E-state index in [1.54, 1.807) is 4.90 Å². The summed E-state index contributed by atoms with van der Waals surface area (Å²) in [5, 5.41) is 11.2. The first-order chi connectivity index (χ1) is 33.4. The molecule has 0 aromatic carbocycles. The maximum atomic E-state index is 12.0. The molecule has 0 radical (unpaired) electrons. The minimum absolute atomic E-state index is 0.00347. The van der Waals surface area contributed by atoms with Gasteiger partial charge in [-0.05, 0) is 107 Å². The first-order valence-corrected chi connectivity index (χ1v) is 29.0. The Kier molecular flexibility index (Phi) is 29.6. The molecule has 5 aliphatic rings. The largest absolute Gasteiger partial charge is 0.395 e. The summed E-state index contributed by atoms with van der Waals surface area (Å²) in [5.41, 5.74) is 19.8. The molecule has 0 aromatic rings. The van der Waals surface area contributed by atoms with Crippen LogP contribution in [0.25, 0.3) is 0 Å². The topological polar surface area (TPSA) is 295 Å². The molecule has 0 atom stereocenters. The summed E-state index contributed by atoms with van der Waals surface area (Å²) >= 11 is 0. The van der Waals surface area contributed by atoms with E-state index in [2.05, 4.69) is 74.6 Å². The zero-order valence-electron chi connectivity index (χ0n) is 48.3. The van der Waals surface area contributed by atoms with Gasteiger partial charge >= 0.3 is 0 Å². The van der Waals surface area contributed by atoms with Crippen molar-refractivity contribution >= 4 is 45.3 Å². The fourth-order valence-corrected chi connectivity index (χ4v) is 11.2. The zero-order chi connectivity index (χ0) is 56.8. The highest BCUT2D eigenvalue weighted by Crippen LogP contribution is 2.50. The van der Waals surface area contributed by atoms with Crippen LogP contribution in [0, 0.1) is 62.1 Å². The van der Waals surface area contributed by atoms with Crippen LogP contribution in [-0.4, -0.2) is 118 Å². The van der Waals surface area contributed by atoms with E-state index in [1.807, 2.05) is 34.6 Å². The van der Waals surface area contributed by atoms with Gasteiger partial charge in [-0.2, -0.15) is 0 Å². The van der Waals surface area contributed by atoms with Gasteiger partial charge in [-0.15, -0.1) is 0 Å². The second-order valence-electron chi connectivity index (χ2n) is 25.1. The van der Waals surface area contributed by atoms with Crippen LogP contribution in [0.2, 0.25) is 0 Å². The van der Waals surface area contributed by atoms with E-state index in [0.29, 0.717) is 75.7 Å². The van der Waals surface area contributed by atoms with Crippen LogP contribution in [0.1, 0.15) is 187 Å². The summed E-state index contributed by atoms with van der Waals surface area (Å²) in [7, 11) is -2.90. The average Bonchev–Trinajstić information content (AvgIpc) is 4.03. The zero-order valence-corrected chi connectivity index (χ0v) is 49.2. The maximum Gasteiger partial charge on any atom is 0.228 e. The molecule has 18 heteroatoms. The highest BCUT2D eigenvalue weighted by Gasteiger charge is 2.48. The SMILES string of the molecule is CC(C)CC(C)(C)C(=O)NCCO.CC(C)CC1(C(N)=O)CC1.CC(C)CC1(C(N)=O)CCC1.CC(C)CC1(C(N)=O)CCOCC1.CC(C)CC1(C(N)=O)COC1.CCC(C)(C)C(=O)N1CCS(=O)(=O)CC1. The van der Waals surface area contributed by atoms with Crippen molar-refractivity contribution < 1.29 is 51.8 Å².